The van der Waals surface area contributed by atoms with Gasteiger partial charge in [0.05, 0.1) is 6.07 Å². The van der Waals surface area contributed by atoms with Crippen LogP contribution >= 0.6 is 0 Å². The molecule has 1 aromatic carbocycles. The second-order valence-electron chi connectivity index (χ2n) is 4.14. The van der Waals surface area contributed by atoms with Crippen LogP contribution in [0.1, 0.15) is 18.4 Å². The lowest BCUT2D eigenvalue weighted by molar-refractivity contribution is -0.145. The van der Waals surface area contributed by atoms with Gasteiger partial charge in [-0.1, -0.05) is 18.2 Å². The predicted molar refractivity (Wildman–Crippen MR) is 59.0 cm³/mol. The Morgan fingerprint density at radius 3 is 2.94 bits per heavy atom. The molecule has 0 aromatic heterocycles. The van der Waals surface area contributed by atoms with Gasteiger partial charge in [-0.2, -0.15) is 5.26 Å². The molecule has 1 aliphatic heterocycles. The van der Waals surface area contributed by atoms with E-state index in [0.29, 0.717) is 6.54 Å². The van der Waals surface area contributed by atoms with Crippen molar-refractivity contribution in [1.29, 1.82) is 5.26 Å². The van der Waals surface area contributed by atoms with Gasteiger partial charge in [-0.05, 0) is 18.6 Å². The number of carboxylic acids is 1. The van der Waals surface area contributed by atoms with Gasteiger partial charge in [0.15, 0.2) is 5.41 Å². The maximum atomic E-state index is 11.2. The molecule has 4 nitrogen and oxygen atoms in total. The first-order valence-electron chi connectivity index (χ1n) is 5.07. The normalized spacial score (nSPS) is 21.4. The van der Waals surface area contributed by atoms with Gasteiger partial charge < -0.3 is 10.4 Å². The summed E-state index contributed by atoms with van der Waals surface area (Å²) in [6.45, 7) is 1.97. The zero-order valence-corrected chi connectivity index (χ0v) is 8.90. The third-order valence-corrected chi connectivity index (χ3v) is 3.21. The van der Waals surface area contributed by atoms with Crippen LogP contribution in [-0.4, -0.2) is 17.6 Å². The van der Waals surface area contributed by atoms with E-state index in [1.54, 1.807) is 0 Å². The molecular weight excluding hydrogens is 204 g/mol. The number of fused-ring (bicyclic) bond motifs is 1. The fourth-order valence-electron chi connectivity index (χ4n) is 2.07. The molecule has 82 valence electrons. The number of hydrogen-bond acceptors (Lipinski definition) is 3. The maximum absolute atomic E-state index is 11.2. The summed E-state index contributed by atoms with van der Waals surface area (Å²) < 4.78 is 0. The number of nitrogens with zero attached hydrogens (tertiary/aromatic N) is 1. The Hall–Kier alpha value is -2.02. The predicted octanol–water partition coefficient (Wildman–Crippen LogP) is 1.81. The van der Waals surface area contributed by atoms with Gasteiger partial charge in [0.1, 0.15) is 0 Å². The third kappa shape index (κ3) is 1.33. The number of para-hydroxylation sites is 1. The molecule has 1 heterocycles. The first-order chi connectivity index (χ1) is 7.59. The van der Waals surface area contributed by atoms with Gasteiger partial charge in [-0.3, -0.25) is 4.79 Å². The molecule has 0 radical (unpaired) electrons. The van der Waals surface area contributed by atoms with Gasteiger partial charge in [-0.15, -0.1) is 0 Å². The molecule has 4 heteroatoms. The average Bonchev–Trinajstić information content (AvgIpc) is 2.72. The van der Waals surface area contributed by atoms with E-state index in [9.17, 15) is 4.79 Å². The number of rotatable bonds is 2. The van der Waals surface area contributed by atoms with E-state index in [1.165, 1.54) is 6.92 Å². The lowest BCUT2D eigenvalue weighted by atomic mass is 9.75. The summed E-state index contributed by atoms with van der Waals surface area (Å²) in [5.41, 5.74) is 0.462. The van der Waals surface area contributed by atoms with E-state index in [0.717, 1.165) is 11.3 Å². The number of nitrogens with one attached hydrogen (secondary N) is 1. The Labute approximate surface area is 93.5 Å². The fourth-order valence-corrected chi connectivity index (χ4v) is 2.07. The number of carbonyl (C=O) groups is 1. The minimum absolute atomic E-state index is 0.300. The Bertz CT molecular complexity index is 478. The van der Waals surface area contributed by atoms with E-state index in [1.807, 2.05) is 30.3 Å². The second kappa shape index (κ2) is 3.53. The monoisotopic (exact) mass is 216 g/mol. The van der Waals surface area contributed by atoms with E-state index in [4.69, 9.17) is 10.4 Å². The Morgan fingerprint density at radius 1 is 1.62 bits per heavy atom. The number of carboxylic acid groups (broad SMARTS) is 1. The van der Waals surface area contributed by atoms with Crippen molar-refractivity contribution >= 4 is 11.7 Å². The topological polar surface area (TPSA) is 73.1 Å². The number of benzene rings is 1. The van der Waals surface area contributed by atoms with Gasteiger partial charge in [0, 0.05) is 18.2 Å². The second-order valence-corrected chi connectivity index (χ2v) is 4.14. The number of anilines is 1. The van der Waals surface area contributed by atoms with Gasteiger partial charge in [0.25, 0.3) is 0 Å². The Kier molecular flexibility index (Phi) is 2.31. The molecule has 0 fully saturated rings. The molecule has 2 rings (SSSR count). The lowest BCUT2D eigenvalue weighted by Gasteiger charge is -2.23. The van der Waals surface area contributed by atoms with E-state index in [2.05, 4.69) is 5.32 Å². The third-order valence-electron chi connectivity index (χ3n) is 3.21. The molecule has 0 amide bonds. The number of nitriles is 1. The smallest absolute Gasteiger partial charge is 0.324 e. The highest BCUT2D eigenvalue weighted by atomic mass is 16.4. The molecule has 0 saturated heterocycles. The highest BCUT2D eigenvalue weighted by Crippen LogP contribution is 2.42. The zero-order valence-electron chi connectivity index (χ0n) is 8.90. The van der Waals surface area contributed by atoms with Crippen LogP contribution in [0, 0.1) is 16.7 Å². The van der Waals surface area contributed by atoms with Crippen LogP contribution in [0.25, 0.3) is 0 Å². The summed E-state index contributed by atoms with van der Waals surface area (Å²) in [5.74, 6) is -1.37. The van der Waals surface area contributed by atoms with Crippen molar-refractivity contribution in [2.75, 3.05) is 11.9 Å². The van der Waals surface area contributed by atoms with E-state index < -0.39 is 11.4 Å². The Balaban J connectivity index is 2.46. The number of aliphatic carboxylic acids is 1. The van der Waals surface area contributed by atoms with Crippen LogP contribution in [0.2, 0.25) is 0 Å². The van der Waals surface area contributed by atoms with Crippen LogP contribution in [0.3, 0.4) is 0 Å². The van der Waals surface area contributed by atoms with Crippen LogP contribution < -0.4 is 5.32 Å². The molecule has 2 unspecified atom stereocenters. The van der Waals surface area contributed by atoms with Crippen molar-refractivity contribution in [2.24, 2.45) is 5.41 Å². The molecular formula is C12H12N2O2. The van der Waals surface area contributed by atoms with Crippen LogP contribution in [-0.2, 0) is 4.79 Å². The SMILES string of the molecule is CC(C#N)(C(=O)O)C1CNc2ccccc21. The summed E-state index contributed by atoms with van der Waals surface area (Å²) in [6, 6.07) is 9.44. The zero-order chi connectivity index (χ0) is 11.8. The summed E-state index contributed by atoms with van der Waals surface area (Å²) in [7, 11) is 0. The van der Waals surface area contributed by atoms with Crippen molar-refractivity contribution < 1.29 is 9.90 Å². The lowest BCUT2D eigenvalue weighted by Crippen LogP contribution is -2.34. The highest BCUT2D eigenvalue weighted by Gasteiger charge is 2.45. The van der Waals surface area contributed by atoms with E-state index >= 15 is 0 Å². The molecule has 1 aliphatic rings. The maximum Gasteiger partial charge on any atom is 0.324 e. The minimum atomic E-state index is -1.38. The minimum Gasteiger partial charge on any atom is -0.480 e. The van der Waals surface area contributed by atoms with Gasteiger partial charge >= 0.3 is 5.97 Å². The van der Waals surface area contributed by atoms with Gasteiger partial charge in [-0.25, -0.2) is 0 Å². The molecule has 1 aromatic rings. The molecule has 0 spiro atoms. The van der Waals surface area contributed by atoms with E-state index in [-0.39, 0.29) is 5.92 Å². The van der Waals surface area contributed by atoms with Crippen LogP contribution in [0.5, 0.6) is 0 Å². The first-order valence-corrected chi connectivity index (χ1v) is 5.07. The first kappa shape index (κ1) is 10.5. The molecule has 0 saturated carbocycles. The summed E-state index contributed by atoms with van der Waals surface area (Å²) >= 11 is 0. The Morgan fingerprint density at radius 2 is 2.31 bits per heavy atom. The summed E-state index contributed by atoms with van der Waals surface area (Å²) in [5, 5.41) is 21.4. The standard InChI is InChI=1S/C12H12N2O2/c1-12(7-13,11(15)16)9-6-14-10-5-3-2-4-8(9)10/h2-5,9,14H,6H2,1H3,(H,15,16). The molecule has 16 heavy (non-hydrogen) atoms. The summed E-state index contributed by atoms with van der Waals surface area (Å²) in [4.78, 5) is 11.2. The highest BCUT2D eigenvalue weighted by molar-refractivity contribution is 5.80. The van der Waals surface area contributed by atoms with Crippen molar-refractivity contribution in [1.82, 2.24) is 0 Å². The average molecular weight is 216 g/mol. The van der Waals surface area contributed by atoms with Crippen molar-refractivity contribution in [3.8, 4) is 6.07 Å². The fraction of sp³-hybridized carbons (Fsp3) is 0.333. The summed E-state index contributed by atoms with van der Waals surface area (Å²) in [6.07, 6.45) is 0. The number of hydrogen-bond donors (Lipinski definition) is 2. The van der Waals surface area contributed by atoms with Crippen LogP contribution in [0.4, 0.5) is 5.69 Å². The molecule has 0 aliphatic carbocycles. The largest absolute Gasteiger partial charge is 0.480 e. The quantitative estimate of drug-likeness (QED) is 0.790. The van der Waals surface area contributed by atoms with Crippen molar-refractivity contribution in [3.05, 3.63) is 29.8 Å². The molecule has 0 bridgehead atoms. The van der Waals surface area contributed by atoms with Crippen molar-refractivity contribution in [3.63, 3.8) is 0 Å². The van der Waals surface area contributed by atoms with Crippen molar-refractivity contribution in [2.45, 2.75) is 12.8 Å². The van der Waals surface area contributed by atoms with Crippen LogP contribution in [0.15, 0.2) is 24.3 Å². The van der Waals surface area contributed by atoms with Gasteiger partial charge in [0.2, 0.25) is 0 Å². The molecule has 2 N–H and O–H groups in total. The molecule has 2 atom stereocenters.